The predicted molar refractivity (Wildman–Crippen MR) is 92.5 cm³/mol. The molecule has 4 aromatic rings. The number of aromatic carboxylic acids is 1. The number of carbonyl (C=O) groups is 1. The average Bonchev–Trinajstić information content (AvgIpc) is 3.10. The first-order valence-corrected chi connectivity index (χ1v) is 7.74. The minimum atomic E-state index is -1.01. The van der Waals surface area contributed by atoms with Crippen molar-refractivity contribution in [2.75, 3.05) is 5.32 Å². The number of fused-ring (bicyclic) bond motifs is 1. The van der Waals surface area contributed by atoms with Gasteiger partial charge in [-0.05, 0) is 24.3 Å². The lowest BCUT2D eigenvalue weighted by atomic mass is 10.2. The van der Waals surface area contributed by atoms with Gasteiger partial charge in [-0.3, -0.25) is 4.98 Å². The van der Waals surface area contributed by atoms with Gasteiger partial charge in [-0.2, -0.15) is 5.10 Å². The number of rotatable bonds is 5. The number of carboxylic acid groups (broad SMARTS) is 1. The molecule has 0 saturated carbocycles. The Morgan fingerprint density at radius 1 is 1.12 bits per heavy atom. The lowest BCUT2D eigenvalue weighted by Crippen LogP contribution is -2.05. The van der Waals surface area contributed by atoms with Crippen molar-refractivity contribution in [3.05, 3.63) is 66.4 Å². The number of anilines is 1. The molecule has 4 aromatic heterocycles. The van der Waals surface area contributed by atoms with Crippen LogP contribution in [0.25, 0.3) is 17.0 Å². The third kappa shape index (κ3) is 3.05. The maximum atomic E-state index is 11.1. The van der Waals surface area contributed by atoms with E-state index in [4.69, 9.17) is 5.11 Å². The maximum Gasteiger partial charge on any atom is 0.335 e. The van der Waals surface area contributed by atoms with Crippen molar-refractivity contribution in [2.45, 2.75) is 6.54 Å². The molecular weight excluding hydrogens is 334 g/mol. The Kier molecular flexibility index (Phi) is 3.94. The van der Waals surface area contributed by atoms with E-state index in [1.165, 1.54) is 18.3 Å². The fourth-order valence-corrected chi connectivity index (χ4v) is 2.47. The molecule has 26 heavy (non-hydrogen) atoms. The summed E-state index contributed by atoms with van der Waals surface area (Å²) in [6.45, 7) is 0.451. The Bertz CT molecular complexity index is 1090. The van der Waals surface area contributed by atoms with Crippen LogP contribution in [-0.4, -0.2) is 40.6 Å². The van der Waals surface area contributed by atoms with Gasteiger partial charge in [-0.1, -0.05) is 0 Å². The van der Waals surface area contributed by atoms with Gasteiger partial charge in [0.2, 0.25) is 5.95 Å². The van der Waals surface area contributed by atoms with Crippen LogP contribution < -0.4 is 5.32 Å². The van der Waals surface area contributed by atoms with Crippen molar-refractivity contribution < 1.29 is 9.90 Å². The topological polar surface area (TPSA) is 118 Å². The van der Waals surface area contributed by atoms with E-state index in [9.17, 15) is 4.79 Å². The smallest absolute Gasteiger partial charge is 0.335 e. The van der Waals surface area contributed by atoms with Crippen LogP contribution in [0.5, 0.6) is 0 Å². The van der Waals surface area contributed by atoms with Gasteiger partial charge < -0.3 is 10.4 Å². The molecule has 0 radical (unpaired) electrons. The van der Waals surface area contributed by atoms with Gasteiger partial charge >= 0.3 is 5.97 Å². The van der Waals surface area contributed by atoms with Gasteiger partial charge in [0.1, 0.15) is 0 Å². The molecule has 4 heterocycles. The lowest BCUT2D eigenvalue weighted by Gasteiger charge is -2.06. The lowest BCUT2D eigenvalue weighted by molar-refractivity contribution is 0.0697. The van der Waals surface area contributed by atoms with Crippen molar-refractivity contribution in [2.24, 2.45) is 0 Å². The molecule has 0 aliphatic heterocycles. The first kappa shape index (κ1) is 15.6. The molecule has 0 fully saturated rings. The van der Waals surface area contributed by atoms with E-state index in [2.05, 4.69) is 30.4 Å². The molecule has 0 unspecified atom stereocenters. The second-order valence-electron chi connectivity index (χ2n) is 5.41. The van der Waals surface area contributed by atoms with Crippen molar-refractivity contribution >= 4 is 17.6 Å². The number of nitrogens with zero attached hydrogens (tertiary/aromatic N) is 6. The van der Waals surface area contributed by atoms with Crippen LogP contribution in [0, 0.1) is 0 Å². The zero-order valence-corrected chi connectivity index (χ0v) is 13.4. The minimum Gasteiger partial charge on any atom is -0.478 e. The number of hydrogen-bond donors (Lipinski definition) is 2. The van der Waals surface area contributed by atoms with Gasteiger partial charge in [0.15, 0.2) is 5.65 Å². The quantitative estimate of drug-likeness (QED) is 0.562. The molecule has 0 amide bonds. The zero-order valence-electron chi connectivity index (χ0n) is 13.4. The average molecular weight is 347 g/mol. The summed E-state index contributed by atoms with van der Waals surface area (Å²) in [6.07, 6.45) is 8.30. The van der Waals surface area contributed by atoms with Crippen LogP contribution in [0.15, 0.2) is 55.2 Å². The van der Waals surface area contributed by atoms with E-state index >= 15 is 0 Å². The molecule has 0 aliphatic rings. The third-order valence-electron chi connectivity index (χ3n) is 3.71. The van der Waals surface area contributed by atoms with E-state index in [0.29, 0.717) is 23.9 Å². The molecule has 9 heteroatoms. The first-order chi connectivity index (χ1) is 12.7. The number of pyridine rings is 1. The summed E-state index contributed by atoms with van der Waals surface area (Å²) in [5, 5.41) is 16.5. The van der Waals surface area contributed by atoms with Crippen molar-refractivity contribution in [3.63, 3.8) is 0 Å². The monoisotopic (exact) mass is 347 g/mol. The summed E-state index contributed by atoms with van der Waals surface area (Å²) in [4.78, 5) is 28.2. The fraction of sp³-hybridized carbons (Fsp3) is 0.0588. The van der Waals surface area contributed by atoms with Gasteiger partial charge in [0.05, 0.1) is 23.1 Å². The van der Waals surface area contributed by atoms with E-state index < -0.39 is 5.97 Å². The van der Waals surface area contributed by atoms with Crippen molar-refractivity contribution in [1.82, 2.24) is 29.5 Å². The summed E-state index contributed by atoms with van der Waals surface area (Å²) < 4.78 is 1.69. The van der Waals surface area contributed by atoms with E-state index in [1.54, 1.807) is 29.2 Å². The highest BCUT2D eigenvalue weighted by Gasteiger charge is 2.09. The SMILES string of the molecule is O=C(O)c1ccnc(-c2ccnc(NCc3cnn4cccnc34)n2)c1. The standard InChI is InChI=1S/C17H13N7O2/c25-16(26)11-2-5-18-14(8-11)13-3-6-20-17(23-13)21-9-12-10-22-24-7-1-4-19-15(12)24/h1-8,10H,9H2,(H,25,26)(H,20,21,23). The molecule has 4 rings (SSSR count). The van der Waals surface area contributed by atoms with E-state index in [1.807, 2.05) is 12.3 Å². The normalized spacial score (nSPS) is 10.8. The van der Waals surface area contributed by atoms with Crippen molar-refractivity contribution in [1.29, 1.82) is 0 Å². The van der Waals surface area contributed by atoms with Gasteiger partial charge in [0.25, 0.3) is 0 Å². The number of carboxylic acids is 1. The van der Waals surface area contributed by atoms with Crippen LogP contribution in [0.4, 0.5) is 5.95 Å². The minimum absolute atomic E-state index is 0.153. The van der Waals surface area contributed by atoms with Crippen LogP contribution in [0.1, 0.15) is 15.9 Å². The highest BCUT2D eigenvalue weighted by Crippen LogP contribution is 2.17. The maximum absolute atomic E-state index is 11.1. The van der Waals surface area contributed by atoms with Crippen LogP contribution >= 0.6 is 0 Å². The molecule has 0 spiro atoms. The third-order valence-corrected chi connectivity index (χ3v) is 3.71. The summed E-state index contributed by atoms with van der Waals surface area (Å²) in [5.74, 6) is -0.609. The Morgan fingerprint density at radius 3 is 2.88 bits per heavy atom. The van der Waals surface area contributed by atoms with Crippen molar-refractivity contribution in [3.8, 4) is 11.4 Å². The molecule has 0 atom stereocenters. The summed E-state index contributed by atoms with van der Waals surface area (Å²) in [7, 11) is 0. The first-order valence-electron chi connectivity index (χ1n) is 7.74. The molecule has 0 aromatic carbocycles. The van der Waals surface area contributed by atoms with Gasteiger partial charge in [-0.25, -0.2) is 24.3 Å². The summed E-state index contributed by atoms with van der Waals surface area (Å²) in [6, 6.07) is 6.39. The summed E-state index contributed by atoms with van der Waals surface area (Å²) >= 11 is 0. The van der Waals surface area contributed by atoms with Crippen LogP contribution in [0.3, 0.4) is 0 Å². The molecule has 2 N–H and O–H groups in total. The summed E-state index contributed by atoms with van der Waals surface area (Å²) in [5.41, 5.74) is 2.81. The van der Waals surface area contributed by atoms with Gasteiger partial charge in [0, 0.05) is 36.9 Å². The Balaban J connectivity index is 1.56. The van der Waals surface area contributed by atoms with Crippen LogP contribution in [0.2, 0.25) is 0 Å². The zero-order chi connectivity index (χ0) is 17.9. The van der Waals surface area contributed by atoms with Crippen LogP contribution in [-0.2, 0) is 6.54 Å². The van der Waals surface area contributed by atoms with E-state index in [0.717, 1.165) is 11.2 Å². The Labute approximate surface area is 147 Å². The molecular formula is C17H13N7O2. The second-order valence-corrected chi connectivity index (χ2v) is 5.41. The van der Waals surface area contributed by atoms with E-state index in [-0.39, 0.29) is 5.56 Å². The largest absolute Gasteiger partial charge is 0.478 e. The Morgan fingerprint density at radius 2 is 2.00 bits per heavy atom. The number of nitrogens with one attached hydrogen (secondary N) is 1. The molecule has 9 nitrogen and oxygen atoms in total. The Hall–Kier alpha value is -3.88. The predicted octanol–water partition coefficient (Wildman–Crippen LogP) is 1.89. The molecule has 0 saturated heterocycles. The highest BCUT2D eigenvalue weighted by atomic mass is 16.4. The number of hydrogen-bond acceptors (Lipinski definition) is 7. The molecule has 0 aliphatic carbocycles. The fourth-order valence-electron chi connectivity index (χ4n) is 2.47. The molecule has 128 valence electrons. The molecule has 0 bridgehead atoms. The van der Waals surface area contributed by atoms with Gasteiger partial charge in [-0.15, -0.1) is 0 Å². The second kappa shape index (κ2) is 6.55. The number of aromatic nitrogens is 6. The highest BCUT2D eigenvalue weighted by molar-refractivity contribution is 5.88.